The fourth-order valence-electron chi connectivity index (χ4n) is 2.69. The number of aromatic nitrogens is 2. The van der Waals surface area contributed by atoms with E-state index < -0.39 is 0 Å². The number of rotatable bonds is 6. The molecule has 1 fully saturated rings. The van der Waals surface area contributed by atoms with Crippen LogP contribution in [0.25, 0.3) is 0 Å². The summed E-state index contributed by atoms with van der Waals surface area (Å²) in [6, 6.07) is 2.08. The monoisotopic (exact) mass is 280 g/mol. The summed E-state index contributed by atoms with van der Waals surface area (Å²) < 4.78 is 6.88. The summed E-state index contributed by atoms with van der Waals surface area (Å²) in [6.07, 6.45) is 3.87. The maximum Gasteiger partial charge on any atom is 0.236 e. The lowest BCUT2D eigenvalue weighted by molar-refractivity contribution is -0.131. The van der Waals surface area contributed by atoms with E-state index in [9.17, 15) is 4.79 Å². The summed E-state index contributed by atoms with van der Waals surface area (Å²) >= 11 is 0. The standard InChI is InChI=1S/C14H24N4O2/c1-17-13(3-6-16-17)12-4-8-18(9-5-12)14(19)11-15-7-10-20-2/h3,6,12,15H,4-5,7-11H2,1-2H3. The Morgan fingerprint density at radius 1 is 1.50 bits per heavy atom. The Balaban J connectivity index is 1.74. The quantitative estimate of drug-likeness (QED) is 0.765. The van der Waals surface area contributed by atoms with Gasteiger partial charge in [0, 0.05) is 51.6 Å². The van der Waals surface area contributed by atoms with Crippen LogP contribution in [0, 0.1) is 0 Å². The van der Waals surface area contributed by atoms with Crippen LogP contribution in [0.2, 0.25) is 0 Å². The van der Waals surface area contributed by atoms with Crippen molar-refractivity contribution in [3.63, 3.8) is 0 Å². The van der Waals surface area contributed by atoms with E-state index in [0.29, 0.717) is 25.6 Å². The van der Waals surface area contributed by atoms with Crippen molar-refractivity contribution in [1.82, 2.24) is 20.0 Å². The van der Waals surface area contributed by atoms with Gasteiger partial charge in [-0.3, -0.25) is 9.48 Å². The van der Waals surface area contributed by atoms with Gasteiger partial charge in [-0.2, -0.15) is 5.10 Å². The Bertz CT molecular complexity index is 425. The third-order valence-electron chi connectivity index (χ3n) is 3.88. The van der Waals surface area contributed by atoms with Crippen molar-refractivity contribution in [3.05, 3.63) is 18.0 Å². The van der Waals surface area contributed by atoms with Gasteiger partial charge < -0.3 is 15.0 Å². The predicted molar refractivity (Wildman–Crippen MR) is 76.5 cm³/mol. The lowest BCUT2D eigenvalue weighted by Gasteiger charge is -2.32. The van der Waals surface area contributed by atoms with Crippen LogP contribution in [0.5, 0.6) is 0 Å². The Kier molecular flexibility index (Phi) is 5.55. The van der Waals surface area contributed by atoms with Crippen molar-refractivity contribution >= 4 is 5.91 Å². The summed E-state index contributed by atoms with van der Waals surface area (Å²) in [5.74, 6) is 0.706. The number of hydrogen-bond donors (Lipinski definition) is 1. The molecule has 6 nitrogen and oxygen atoms in total. The largest absolute Gasteiger partial charge is 0.383 e. The second-order valence-corrected chi connectivity index (χ2v) is 5.20. The topological polar surface area (TPSA) is 59.4 Å². The highest BCUT2D eigenvalue weighted by molar-refractivity contribution is 5.78. The zero-order valence-corrected chi connectivity index (χ0v) is 12.3. The summed E-state index contributed by atoms with van der Waals surface area (Å²) in [6.45, 7) is 3.42. The Hall–Kier alpha value is -1.40. The minimum atomic E-state index is 0.185. The van der Waals surface area contributed by atoms with Gasteiger partial charge in [0.15, 0.2) is 0 Å². The van der Waals surface area contributed by atoms with E-state index in [1.807, 2.05) is 22.8 Å². The smallest absolute Gasteiger partial charge is 0.236 e. The van der Waals surface area contributed by atoms with Crippen LogP contribution < -0.4 is 5.32 Å². The first kappa shape index (κ1) is 15.0. The average molecular weight is 280 g/mol. The Morgan fingerprint density at radius 2 is 2.25 bits per heavy atom. The van der Waals surface area contributed by atoms with Gasteiger partial charge in [0.05, 0.1) is 13.2 Å². The van der Waals surface area contributed by atoms with Gasteiger partial charge in [0.2, 0.25) is 5.91 Å². The van der Waals surface area contributed by atoms with E-state index in [2.05, 4.69) is 16.5 Å². The molecule has 1 amide bonds. The molecule has 0 spiro atoms. The molecule has 2 heterocycles. The molecule has 1 aliphatic heterocycles. The van der Waals surface area contributed by atoms with E-state index in [4.69, 9.17) is 4.74 Å². The van der Waals surface area contributed by atoms with Crippen LogP contribution in [0.4, 0.5) is 0 Å². The second-order valence-electron chi connectivity index (χ2n) is 5.20. The van der Waals surface area contributed by atoms with Crippen molar-refractivity contribution in [3.8, 4) is 0 Å². The molecular formula is C14H24N4O2. The number of hydrogen-bond acceptors (Lipinski definition) is 4. The molecule has 20 heavy (non-hydrogen) atoms. The molecule has 1 saturated heterocycles. The van der Waals surface area contributed by atoms with Crippen LogP contribution in [0.1, 0.15) is 24.5 Å². The van der Waals surface area contributed by atoms with Gasteiger partial charge in [0.1, 0.15) is 0 Å². The summed E-state index contributed by atoms with van der Waals surface area (Å²) in [4.78, 5) is 14.0. The SMILES string of the molecule is COCCNCC(=O)N1CCC(c2ccnn2C)CC1. The second kappa shape index (κ2) is 7.40. The lowest BCUT2D eigenvalue weighted by Crippen LogP contribution is -2.43. The molecule has 0 unspecified atom stereocenters. The van der Waals surface area contributed by atoms with Crippen LogP contribution in [0.15, 0.2) is 12.3 Å². The maximum atomic E-state index is 12.0. The molecule has 1 aromatic heterocycles. The fraction of sp³-hybridized carbons (Fsp3) is 0.714. The molecule has 6 heteroatoms. The Labute approximate surface area is 120 Å². The first-order valence-electron chi connectivity index (χ1n) is 7.17. The Morgan fingerprint density at radius 3 is 2.85 bits per heavy atom. The number of ether oxygens (including phenoxy) is 1. The molecule has 0 atom stereocenters. The minimum absolute atomic E-state index is 0.185. The number of methoxy groups -OCH3 is 1. The van der Waals surface area contributed by atoms with Gasteiger partial charge >= 0.3 is 0 Å². The number of carbonyl (C=O) groups is 1. The van der Waals surface area contributed by atoms with Gasteiger partial charge in [-0.1, -0.05) is 0 Å². The fourth-order valence-corrected chi connectivity index (χ4v) is 2.69. The highest BCUT2D eigenvalue weighted by atomic mass is 16.5. The van der Waals surface area contributed by atoms with Crippen molar-refractivity contribution in [2.75, 3.05) is 39.9 Å². The molecule has 112 valence electrons. The van der Waals surface area contributed by atoms with Gasteiger partial charge in [-0.05, 0) is 18.9 Å². The number of aryl methyl sites for hydroxylation is 1. The van der Waals surface area contributed by atoms with Crippen LogP contribution in [-0.2, 0) is 16.6 Å². The normalized spacial score (nSPS) is 16.6. The molecule has 1 aliphatic rings. The number of piperidine rings is 1. The summed E-state index contributed by atoms with van der Waals surface area (Å²) in [7, 11) is 3.64. The zero-order chi connectivity index (χ0) is 14.4. The molecule has 0 aromatic carbocycles. The summed E-state index contributed by atoms with van der Waals surface area (Å²) in [5.41, 5.74) is 1.27. The van der Waals surface area contributed by atoms with Gasteiger partial charge in [-0.15, -0.1) is 0 Å². The molecule has 0 saturated carbocycles. The number of nitrogens with zero attached hydrogens (tertiary/aromatic N) is 3. The molecule has 2 rings (SSSR count). The first-order chi connectivity index (χ1) is 9.72. The van der Waals surface area contributed by atoms with E-state index in [0.717, 1.165) is 25.9 Å². The highest BCUT2D eigenvalue weighted by Crippen LogP contribution is 2.27. The van der Waals surface area contributed by atoms with Crippen molar-refractivity contribution in [2.24, 2.45) is 7.05 Å². The number of amides is 1. The molecule has 0 radical (unpaired) electrons. The minimum Gasteiger partial charge on any atom is -0.383 e. The number of nitrogens with one attached hydrogen (secondary N) is 1. The highest BCUT2D eigenvalue weighted by Gasteiger charge is 2.24. The average Bonchev–Trinajstić information content (AvgIpc) is 2.90. The van der Waals surface area contributed by atoms with E-state index in [-0.39, 0.29) is 5.91 Å². The third kappa shape index (κ3) is 3.80. The van der Waals surface area contributed by atoms with Crippen LogP contribution >= 0.6 is 0 Å². The van der Waals surface area contributed by atoms with E-state index in [1.165, 1.54) is 5.69 Å². The number of likely N-dealkylation sites (tertiary alicyclic amines) is 1. The third-order valence-corrected chi connectivity index (χ3v) is 3.88. The van der Waals surface area contributed by atoms with E-state index >= 15 is 0 Å². The van der Waals surface area contributed by atoms with Gasteiger partial charge in [0.25, 0.3) is 0 Å². The number of carbonyl (C=O) groups excluding carboxylic acids is 1. The molecule has 1 aromatic rings. The van der Waals surface area contributed by atoms with E-state index in [1.54, 1.807) is 7.11 Å². The molecule has 0 aliphatic carbocycles. The maximum absolute atomic E-state index is 12.0. The first-order valence-corrected chi connectivity index (χ1v) is 7.17. The van der Waals surface area contributed by atoms with Crippen LogP contribution in [-0.4, -0.2) is 60.5 Å². The van der Waals surface area contributed by atoms with Crippen molar-refractivity contribution in [2.45, 2.75) is 18.8 Å². The zero-order valence-electron chi connectivity index (χ0n) is 12.3. The molecule has 1 N–H and O–H groups in total. The summed E-state index contributed by atoms with van der Waals surface area (Å²) in [5, 5.41) is 7.32. The van der Waals surface area contributed by atoms with Crippen molar-refractivity contribution in [1.29, 1.82) is 0 Å². The lowest BCUT2D eigenvalue weighted by atomic mass is 9.93. The molecule has 0 bridgehead atoms. The van der Waals surface area contributed by atoms with Crippen molar-refractivity contribution < 1.29 is 9.53 Å². The predicted octanol–water partition coefficient (Wildman–Crippen LogP) is 0.362. The van der Waals surface area contributed by atoms with Crippen LogP contribution in [0.3, 0.4) is 0 Å². The van der Waals surface area contributed by atoms with Gasteiger partial charge in [-0.25, -0.2) is 0 Å². The molecular weight excluding hydrogens is 256 g/mol.